The maximum Gasteiger partial charge on any atom is 0.250 e. The molecule has 0 aromatic heterocycles. The smallest absolute Gasteiger partial charge is 0.250 e. The first-order chi connectivity index (χ1) is 9.58. The van der Waals surface area contributed by atoms with Crippen LogP contribution in [0.4, 0.5) is 5.69 Å². The molecule has 7 heteroatoms. The lowest BCUT2D eigenvalue weighted by Crippen LogP contribution is -2.36. The van der Waals surface area contributed by atoms with E-state index in [-0.39, 0.29) is 23.9 Å². The van der Waals surface area contributed by atoms with Gasteiger partial charge >= 0.3 is 0 Å². The molecular formula is C13H13N3O3S. The molecule has 3 amide bonds. The Morgan fingerprint density at radius 2 is 2.10 bits per heavy atom. The van der Waals surface area contributed by atoms with E-state index >= 15 is 0 Å². The van der Waals surface area contributed by atoms with E-state index in [0.29, 0.717) is 11.4 Å². The highest BCUT2D eigenvalue weighted by molar-refractivity contribution is 8.02. The summed E-state index contributed by atoms with van der Waals surface area (Å²) in [5, 5.41) is 4.34. The van der Waals surface area contributed by atoms with E-state index < -0.39 is 5.91 Å². The monoisotopic (exact) mass is 291 g/mol. The number of rotatable bonds is 4. The SMILES string of the molecule is NC(=O)c1ccccc1NC(=O)CN1C=CSCC1=O. The summed E-state index contributed by atoms with van der Waals surface area (Å²) in [4.78, 5) is 36.0. The maximum atomic E-state index is 11.9. The van der Waals surface area contributed by atoms with E-state index in [1.54, 1.807) is 29.8 Å². The molecule has 0 aliphatic carbocycles. The second-order valence-corrected chi connectivity index (χ2v) is 4.97. The summed E-state index contributed by atoms with van der Waals surface area (Å²) >= 11 is 1.38. The number of carbonyl (C=O) groups is 3. The average molecular weight is 291 g/mol. The molecule has 0 unspecified atom stereocenters. The first-order valence-corrected chi connectivity index (χ1v) is 6.89. The summed E-state index contributed by atoms with van der Waals surface area (Å²) in [6, 6.07) is 6.46. The molecule has 1 aliphatic rings. The van der Waals surface area contributed by atoms with Crippen LogP contribution in [-0.2, 0) is 9.59 Å². The van der Waals surface area contributed by atoms with Crippen LogP contribution in [0, 0.1) is 0 Å². The fraction of sp³-hybridized carbons (Fsp3) is 0.154. The van der Waals surface area contributed by atoms with E-state index in [0.717, 1.165) is 0 Å². The number of carbonyl (C=O) groups excluding carboxylic acids is 3. The van der Waals surface area contributed by atoms with Crippen LogP contribution < -0.4 is 11.1 Å². The van der Waals surface area contributed by atoms with Gasteiger partial charge in [0.1, 0.15) is 6.54 Å². The van der Waals surface area contributed by atoms with Crippen LogP contribution in [0.15, 0.2) is 35.9 Å². The van der Waals surface area contributed by atoms with Crippen LogP contribution in [0.25, 0.3) is 0 Å². The van der Waals surface area contributed by atoms with E-state index in [2.05, 4.69) is 5.32 Å². The van der Waals surface area contributed by atoms with Gasteiger partial charge in [-0.25, -0.2) is 0 Å². The number of benzene rings is 1. The number of nitrogens with zero attached hydrogens (tertiary/aromatic N) is 1. The van der Waals surface area contributed by atoms with Crippen molar-refractivity contribution in [3.05, 3.63) is 41.4 Å². The summed E-state index contributed by atoms with van der Waals surface area (Å²) in [5.74, 6) is -0.813. The molecule has 1 aliphatic heterocycles. The number of hydrogen-bond donors (Lipinski definition) is 2. The Labute approximate surface area is 120 Å². The molecule has 0 saturated carbocycles. The summed E-state index contributed by atoms with van der Waals surface area (Å²) in [5.41, 5.74) is 5.80. The Kier molecular flexibility index (Phi) is 4.41. The highest BCUT2D eigenvalue weighted by atomic mass is 32.2. The van der Waals surface area contributed by atoms with Gasteiger partial charge in [0.25, 0.3) is 5.91 Å². The maximum absolute atomic E-state index is 11.9. The third-order valence-corrected chi connectivity index (χ3v) is 3.37. The van der Waals surface area contributed by atoms with Gasteiger partial charge in [0.2, 0.25) is 11.8 Å². The standard InChI is InChI=1S/C13H13N3O3S/c14-13(19)9-3-1-2-4-10(9)15-11(17)7-16-5-6-20-8-12(16)18/h1-6H,7-8H2,(H2,14,19)(H,15,17). The molecule has 0 fully saturated rings. The van der Waals surface area contributed by atoms with Crippen molar-refractivity contribution in [2.45, 2.75) is 0 Å². The minimum Gasteiger partial charge on any atom is -0.366 e. The molecule has 1 aromatic carbocycles. The number of hydrogen-bond acceptors (Lipinski definition) is 4. The number of thioether (sulfide) groups is 1. The number of para-hydroxylation sites is 1. The Balaban J connectivity index is 2.05. The van der Waals surface area contributed by atoms with Crippen LogP contribution in [0.5, 0.6) is 0 Å². The van der Waals surface area contributed by atoms with Crippen molar-refractivity contribution in [1.29, 1.82) is 0 Å². The summed E-state index contributed by atoms with van der Waals surface area (Å²) in [6.45, 7) is -0.0943. The number of nitrogens with one attached hydrogen (secondary N) is 1. The van der Waals surface area contributed by atoms with E-state index in [1.807, 2.05) is 0 Å². The lowest BCUT2D eigenvalue weighted by molar-refractivity contribution is -0.129. The molecule has 0 saturated heterocycles. The van der Waals surface area contributed by atoms with Gasteiger partial charge in [0.05, 0.1) is 17.0 Å². The minimum atomic E-state index is -0.619. The highest BCUT2D eigenvalue weighted by Gasteiger charge is 2.18. The second kappa shape index (κ2) is 6.25. The molecule has 2 rings (SSSR count). The fourth-order valence-electron chi connectivity index (χ4n) is 1.69. The van der Waals surface area contributed by atoms with Gasteiger partial charge in [-0.05, 0) is 17.5 Å². The average Bonchev–Trinajstić information content (AvgIpc) is 2.41. The van der Waals surface area contributed by atoms with Crippen molar-refractivity contribution in [2.75, 3.05) is 17.6 Å². The van der Waals surface area contributed by atoms with Gasteiger partial charge in [-0.15, -0.1) is 11.8 Å². The van der Waals surface area contributed by atoms with Crippen molar-refractivity contribution in [2.24, 2.45) is 5.73 Å². The predicted molar refractivity (Wildman–Crippen MR) is 76.9 cm³/mol. The number of amides is 3. The van der Waals surface area contributed by atoms with Crippen LogP contribution in [0.2, 0.25) is 0 Å². The number of anilines is 1. The van der Waals surface area contributed by atoms with E-state index in [4.69, 9.17) is 5.73 Å². The lowest BCUT2D eigenvalue weighted by atomic mass is 10.1. The second-order valence-electron chi connectivity index (χ2n) is 4.08. The van der Waals surface area contributed by atoms with Gasteiger partial charge in [-0.2, -0.15) is 0 Å². The fourth-order valence-corrected chi connectivity index (χ4v) is 2.33. The first-order valence-electron chi connectivity index (χ1n) is 5.84. The molecule has 104 valence electrons. The van der Waals surface area contributed by atoms with Crippen LogP contribution in [0.1, 0.15) is 10.4 Å². The summed E-state index contributed by atoms with van der Waals surface area (Å²) in [7, 11) is 0. The van der Waals surface area contributed by atoms with Crippen molar-refractivity contribution in [3.8, 4) is 0 Å². The zero-order valence-corrected chi connectivity index (χ0v) is 11.4. The van der Waals surface area contributed by atoms with Gasteiger partial charge in [-0.1, -0.05) is 12.1 Å². The molecule has 3 N–H and O–H groups in total. The van der Waals surface area contributed by atoms with Crippen LogP contribution >= 0.6 is 11.8 Å². The minimum absolute atomic E-state index is 0.0943. The van der Waals surface area contributed by atoms with Crippen LogP contribution in [0.3, 0.4) is 0 Å². The topological polar surface area (TPSA) is 92.5 Å². The molecule has 0 bridgehead atoms. The van der Waals surface area contributed by atoms with Crippen molar-refractivity contribution >= 4 is 35.2 Å². The van der Waals surface area contributed by atoms with E-state index in [1.165, 1.54) is 22.7 Å². The number of primary amides is 1. The summed E-state index contributed by atoms with van der Waals surface area (Å²) < 4.78 is 0. The van der Waals surface area contributed by atoms with Gasteiger partial charge in [0.15, 0.2) is 0 Å². The van der Waals surface area contributed by atoms with Gasteiger partial charge in [-0.3, -0.25) is 14.4 Å². The van der Waals surface area contributed by atoms with Crippen molar-refractivity contribution < 1.29 is 14.4 Å². The van der Waals surface area contributed by atoms with Gasteiger partial charge < -0.3 is 16.0 Å². The largest absolute Gasteiger partial charge is 0.366 e. The molecular weight excluding hydrogens is 278 g/mol. The molecule has 0 spiro atoms. The van der Waals surface area contributed by atoms with Gasteiger partial charge in [0, 0.05) is 6.20 Å². The highest BCUT2D eigenvalue weighted by Crippen LogP contribution is 2.15. The molecule has 0 atom stereocenters. The molecule has 1 aromatic rings. The van der Waals surface area contributed by atoms with Crippen molar-refractivity contribution in [1.82, 2.24) is 4.90 Å². The molecule has 6 nitrogen and oxygen atoms in total. The van der Waals surface area contributed by atoms with Crippen LogP contribution in [-0.4, -0.2) is 34.9 Å². The van der Waals surface area contributed by atoms with Crippen molar-refractivity contribution in [3.63, 3.8) is 0 Å². The van der Waals surface area contributed by atoms with E-state index in [9.17, 15) is 14.4 Å². The third-order valence-electron chi connectivity index (χ3n) is 2.64. The Morgan fingerprint density at radius 3 is 2.80 bits per heavy atom. The Hall–Kier alpha value is -2.28. The predicted octanol–water partition coefficient (Wildman–Crippen LogP) is 0.771. The Bertz CT molecular complexity index is 586. The normalized spacial score (nSPS) is 14.2. The lowest BCUT2D eigenvalue weighted by Gasteiger charge is -2.20. The zero-order chi connectivity index (χ0) is 14.5. The Morgan fingerprint density at radius 1 is 1.35 bits per heavy atom. The quantitative estimate of drug-likeness (QED) is 0.857. The molecule has 1 heterocycles. The first kappa shape index (κ1) is 14.1. The zero-order valence-electron chi connectivity index (χ0n) is 10.5. The third kappa shape index (κ3) is 3.39. The summed E-state index contributed by atoms with van der Waals surface area (Å²) in [6.07, 6.45) is 1.57. The molecule has 20 heavy (non-hydrogen) atoms. The number of nitrogens with two attached hydrogens (primary N) is 1. The molecule has 0 radical (unpaired) electrons.